The zero-order valence-corrected chi connectivity index (χ0v) is 19.9. The lowest BCUT2D eigenvalue weighted by Gasteiger charge is -2.18. The van der Waals surface area contributed by atoms with Crippen LogP contribution in [0, 0.1) is 0 Å². The van der Waals surface area contributed by atoms with Crippen molar-refractivity contribution in [2.24, 2.45) is 0 Å². The highest BCUT2D eigenvalue weighted by Crippen LogP contribution is 2.23. The van der Waals surface area contributed by atoms with Crippen LogP contribution in [0.4, 0.5) is 11.4 Å². The molecule has 4 aromatic rings. The molecule has 0 aliphatic heterocycles. The second-order valence-electron chi connectivity index (χ2n) is 7.65. The van der Waals surface area contributed by atoms with E-state index in [4.69, 9.17) is 16.3 Å². The Hall–Kier alpha value is -3.55. The minimum atomic E-state index is -3.78. The van der Waals surface area contributed by atoms with Gasteiger partial charge in [0.25, 0.3) is 15.9 Å². The van der Waals surface area contributed by atoms with Crippen LogP contribution in [0.5, 0.6) is 5.75 Å². The van der Waals surface area contributed by atoms with Gasteiger partial charge in [0.15, 0.2) is 6.10 Å². The lowest BCUT2D eigenvalue weighted by Crippen LogP contribution is -2.32. The number of halogens is 1. The zero-order valence-electron chi connectivity index (χ0n) is 18.4. The molecule has 8 heteroatoms. The lowest BCUT2D eigenvalue weighted by atomic mass is 10.1. The molecular formula is C26H23ClN2O4S. The fourth-order valence-corrected chi connectivity index (χ4v) is 4.58. The van der Waals surface area contributed by atoms with Gasteiger partial charge in [-0.15, -0.1) is 0 Å². The molecule has 0 unspecified atom stereocenters. The maximum absolute atomic E-state index is 12.8. The van der Waals surface area contributed by atoms with E-state index in [0.29, 0.717) is 28.6 Å². The van der Waals surface area contributed by atoms with Crippen molar-refractivity contribution >= 4 is 49.7 Å². The standard InChI is InChI=1S/C26H23ClN2O4S/c1-2-25(33-23-14-7-18-5-3-4-6-19(18)17-23)26(30)28-21-12-15-24(16-13-21)34(31,32)29-22-10-8-20(27)9-11-22/h3-17,25,29H,2H2,1H3,(H,28,30)/t25-/m1/s1. The number of ether oxygens (including phenoxy) is 1. The van der Waals surface area contributed by atoms with Gasteiger partial charge in [0, 0.05) is 16.4 Å². The van der Waals surface area contributed by atoms with Crippen LogP contribution in [0.25, 0.3) is 10.8 Å². The largest absolute Gasteiger partial charge is 0.481 e. The van der Waals surface area contributed by atoms with Crippen LogP contribution in [0.1, 0.15) is 13.3 Å². The van der Waals surface area contributed by atoms with Gasteiger partial charge < -0.3 is 10.1 Å². The van der Waals surface area contributed by atoms with Crippen LogP contribution in [-0.2, 0) is 14.8 Å². The van der Waals surface area contributed by atoms with Gasteiger partial charge in [-0.25, -0.2) is 8.42 Å². The van der Waals surface area contributed by atoms with E-state index < -0.39 is 16.1 Å². The van der Waals surface area contributed by atoms with E-state index in [1.54, 1.807) is 24.3 Å². The quantitative estimate of drug-likeness (QED) is 0.310. The van der Waals surface area contributed by atoms with Crippen molar-refractivity contribution in [3.05, 3.63) is 96.0 Å². The summed E-state index contributed by atoms with van der Waals surface area (Å²) >= 11 is 5.84. The Labute approximate surface area is 203 Å². The number of carbonyl (C=O) groups excluding carboxylic acids is 1. The molecule has 1 atom stereocenters. The summed E-state index contributed by atoms with van der Waals surface area (Å²) in [7, 11) is -3.78. The Bertz CT molecular complexity index is 1410. The van der Waals surface area contributed by atoms with Crippen molar-refractivity contribution in [3.63, 3.8) is 0 Å². The molecule has 0 radical (unpaired) electrons. The Morgan fingerprint density at radius 3 is 2.21 bits per heavy atom. The summed E-state index contributed by atoms with van der Waals surface area (Å²) in [5, 5.41) is 5.42. The highest BCUT2D eigenvalue weighted by Gasteiger charge is 2.20. The number of anilines is 2. The molecule has 1 amide bonds. The second-order valence-corrected chi connectivity index (χ2v) is 9.77. The molecule has 0 saturated carbocycles. The molecule has 0 bridgehead atoms. The zero-order chi connectivity index (χ0) is 24.1. The van der Waals surface area contributed by atoms with E-state index in [1.165, 1.54) is 24.3 Å². The summed E-state index contributed by atoms with van der Waals surface area (Å²) in [6.07, 6.45) is -0.230. The summed E-state index contributed by atoms with van der Waals surface area (Å²) < 4.78 is 33.7. The topological polar surface area (TPSA) is 84.5 Å². The molecule has 0 spiro atoms. The van der Waals surface area contributed by atoms with Crippen molar-refractivity contribution in [1.29, 1.82) is 0 Å². The van der Waals surface area contributed by atoms with Crippen LogP contribution < -0.4 is 14.8 Å². The van der Waals surface area contributed by atoms with Gasteiger partial charge in [0.1, 0.15) is 5.75 Å². The molecule has 4 aromatic carbocycles. The number of hydrogen-bond acceptors (Lipinski definition) is 4. The van der Waals surface area contributed by atoms with E-state index in [-0.39, 0.29) is 10.8 Å². The molecule has 34 heavy (non-hydrogen) atoms. The van der Waals surface area contributed by atoms with Crippen molar-refractivity contribution in [3.8, 4) is 5.75 Å². The number of nitrogens with one attached hydrogen (secondary N) is 2. The molecular weight excluding hydrogens is 472 g/mol. The maximum Gasteiger partial charge on any atom is 0.265 e. The Morgan fingerprint density at radius 1 is 0.882 bits per heavy atom. The molecule has 0 saturated heterocycles. The predicted molar refractivity (Wildman–Crippen MR) is 136 cm³/mol. The average molecular weight is 495 g/mol. The van der Waals surface area contributed by atoms with Crippen molar-refractivity contribution in [2.75, 3.05) is 10.0 Å². The summed E-state index contributed by atoms with van der Waals surface area (Å²) in [5.41, 5.74) is 0.870. The fraction of sp³-hybridized carbons (Fsp3) is 0.115. The molecule has 0 fully saturated rings. The first-order valence-corrected chi connectivity index (χ1v) is 12.5. The summed E-state index contributed by atoms with van der Waals surface area (Å²) in [6.45, 7) is 1.86. The summed E-state index contributed by atoms with van der Waals surface area (Å²) in [4.78, 5) is 12.9. The monoisotopic (exact) mass is 494 g/mol. The van der Waals surface area contributed by atoms with Gasteiger partial charge in [-0.05, 0) is 77.9 Å². The number of sulfonamides is 1. The van der Waals surface area contributed by atoms with Gasteiger partial charge in [-0.1, -0.05) is 48.9 Å². The third kappa shape index (κ3) is 5.68. The number of benzene rings is 4. The van der Waals surface area contributed by atoms with Gasteiger partial charge in [0.2, 0.25) is 0 Å². The van der Waals surface area contributed by atoms with Gasteiger partial charge >= 0.3 is 0 Å². The molecule has 0 aliphatic rings. The third-order valence-electron chi connectivity index (χ3n) is 5.19. The van der Waals surface area contributed by atoms with E-state index in [0.717, 1.165) is 10.8 Å². The highest BCUT2D eigenvalue weighted by molar-refractivity contribution is 7.92. The van der Waals surface area contributed by atoms with Crippen molar-refractivity contribution in [2.45, 2.75) is 24.3 Å². The second kappa shape index (κ2) is 10.2. The van der Waals surface area contributed by atoms with E-state index in [9.17, 15) is 13.2 Å². The number of carbonyl (C=O) groups is 1. The van der Waals surface area contributed by atoms with Crippen molar-refractivity contribution < 1.29 is 17.9 Å². The minimum Gasteiger partial charge on any atom is -0.481 e. The first-order chi connectivity index (χ1) is 16.3. The fourth-order valence-electron chi connectivity index (χ4n) is 3.40. The van der Waals surface area contributed by atoms with Gasteiger partial charge in [-0.3, -0.25) is 9.52 Å². The molecule has 174 valence electrons. The molecule has 0 heterocycles. The van der Waals surface area contributed by atoms with E-state index >= 15 is 0 Å². The predicted octanol–water partition coefficient (Wildman–Crippen LogP) is 6.09. The number of amides is 1. The molecule has 0 aromatic heterocycles. The average Bonchev–Trinajstić information content (AvgIpc) is 2.84. The van der Waals surface area contributed by atoms with Crippen LogP contribution in [0.3, 0.4) is 0 Å². The number of hydrogen-bond donors (Lipinski definition) is 2. The van der Waals surface area contributed by atoms with Gasteiger partial charge in [0.05, 0.1) is 4.90 Å². The number of fused-ring (bicyclic) bond motifs is 1. The minimum absolute atomic E-state index is 0.0694. The third-order valence-corrected chi connectivity index (χ3v) is 6.84. The van der Waals surface area contributed by atoms with E-state index in [2.05, 4.69) is 10.0 Å². The molecule has 6 nitrogen and oxygen atoms in total. The molecule has 4 rings (SSSR count). The lowest BCUT2D eigenvalue weighted by molar-refractivity contribution is -0.122. The number of rotatable bonds is 8. The highest BCUT2D eigenvalue weighted by atomic mass is 35.5. The van der Waals surface area contributed by atoms with E-state index in [1.807, 2.05) is 49.4 Å². The van der Waals surface area contributed by atoms with Crippen LogP contribution in [-0.4, -0.2) is 20.4 Å². The first kappa shape index (κ1) is 23.6. The van der Waals surface area contributed by atoms with Crippen LogP contribution >= 0.6 is 11.6 Å². The Kier molecular flexibility index (Phi) is 7.05. The van der Waals surface area contributed by atoms with Crippen LogP contribution in [0.15, 0.2) is 95.9 Å². The Balaban J connectivity index is 1.41. The smallest absolute Gasteiger partial charge is 0.265 e. The van der Waals surface area contributed by atoms with Gasteiger partial charge in [-0.2, -0.15) is 0 Å². The Morgan fingerprint density at radius 2 is 1.53 bits per heavy atom. The SMILES string of the molecule is CC[C@@H](Oc1ccc2ccccc2c1)C(=O)Nc1ccc(S(=O)(=O)Nc2ccc(Cl)cc2)cc1. The normalized spacial score (nSPS) is 12.2. The maximum atomic E-state index is 12.8. The van der Waals surface area contributed by atoms with Crippen molar-refractivity contribution in [1.82, 2.24) is 0 Å². The molecule has 2 N–H and O–H groups in total. The summed E-state index contributed by atoms with van der Waals surface area (Å²) in [5.74, 6) is 0.293. The first-order valence-electron chi connectivity index (χ1n) is 10.7. The molecule has 0 aliphatic carbocycles. The van der Waals surface area contributed by atoms with Crippen LogP contribution in [0.2, 0.25) is 5.02 Å². The summed E-state index contributed by atoms with van der Waals surface area (Å²) in [6, 6.07) is 25.9.